The molecule has 0 aliphatic carbocycles. The molecule has 0 N–H and O–H groups in total. The average Bonchev–Trinajstić information content (AvgIpc) is 2.35. The summed E-state index contributed by atoms with van der Waals surface area (Å²) in [7, 11) is 0. The molecule has 0 saturated heterocycles. The van der Waals surface area contributed by atoms with Crippen LogP contribution in [-0.2, 0) is 9.59 Å². The smallest absolute Gasteiger partial charge is 0.235 e. The highest BCUT2D eigenvalue weighted by atomic mass is 16.2. The number of hydrogen-bond acceptors (Lipinski definition) is 4. The summed E-state index contributed by atoms with van der Waals surface area (Å²) in [5, 5.41) is 17.7. The van der Waals surface area contributed by atoms with Crippen molar-refractivity contribution in [2.24, 2.45) is 0 Å². The number of rotatable bonds is 7. The van der Waals surface area contributed by atoms with E-state index < -0.39 is 0 Å². The Bertz CT molecular complexity index is 378. The summed E-state index contributed by atoms with van der Waals surface area (Å²) >= 11 is 0. The summed E-state index contributed by atoms with van der Waals surface area (Å²) < 4.78 is 0. The van der Waals surface area contributed by atoms with E-state index in [9.17, 15) is 9.59 Å². The maximum atomic E-state index is 11.7. The van der Waals surface area contributed by atoms with Gasteiger partial charge in [-0.1, -0.05) is 0 Å². The highest BCUT2D eigenvalue weighted by Gasteiger charge is 2.18. The Morgan fingerprint density at radius 2 is 1.15 bits per heavy atom. The van der Waals surface area contributed by atoms with Crippen molar-refractivity contribution < 1.29 is 9.59 Å². The zero-order chi connectivity index (χ0) is 15.7. The predicted octanol–water partition coefficient (Wildman–Crippen LogP) is 1.98. The van der Waals surface area contributed by atoms with Gasteiger partial charge in [0.15, 0.2) is 12.4 Å². The number of amides is 2. The van der Waals surface area contributed by atoms with Crippen LogP contribution in [0, 0.1) is 22.9 Å². The molecule has 0 aliphatic rings. The topological polar surface area (TPSA) is 88.2 Å². The summed E-state index contributed by atoms with van der Waals surface area (Å²) in [6.07, 6.45) is 5.27. The van der Waals surface area contributed by atoms with Gasteiger partial charge in [-0.05, 0) is 40.5 Å². The highest BCUT2D eigenvalue weighted by Crippen LogP contribution is 2.08. The van der Waals surface area contributed by atoms with Crippen LogP contribution in [0.3, 0.4) is 0 Å². The molecular formula is C14H22N4O2. The van der Waals surface area contributed by atoms with Gasteiger partial charge in [0.2, 0.25) is 11.8 Å². The van der Waals surface area contributed by atoms with Gasteiger partial charge in [0.1, 0.15) is 0 Å². The average molecular weight is 278 g/mol. The Hall–Kier alpha value is -2.08. The molecule has 0 heterocycles. The fourth-order valence-electron chi connectivity index (χ4n) is 1.71. The lowest BCUT2D eigenvalue weighted by Gasteiger charge is -2.18. The van der Waals surface area contributed by atoms with E-state index in [0.717, 1.165) is 9.80 Å². The van der Waals surface area contributed by atoms with E-state index >= 15 is 0 Å². The molecule has 0 aliphatic heterocycles. The molecule has 0 radical (unpaired) electrons. The predicted molar refractivity (Wildman–Crippen MR) is 73.7 cm³/mol. The fraction of sp³-hybridized carbons (Fsp3) is 0.714. The summed E-state index contributed by atoms with van der Waals surface area (Å²) in [5.74, 6) is -0.452. The van der Waals surface area contributed by atoms with E-state index in [1.165, 1.54) is 0 Å². The molecule has 0 saturated carbocycles. The SMILES string of the molecule is CC(C)N(C#N)C(=O)CCCCC(=O)N(C#N)C(C)C. The molecule has 0 rings (SSSR count). The van der Waals surface area contributed by atoms with Crippen LogP contribution < -0.4 is 0 Å². The van der Waals surface area contributed by atoms with Crippen LogP contribution >= 0.6 is 0 Å². The van der Waals surface area contributed by atoms with Crippen LogP contribution in [0.5, 0.6) is 0 Å². The van der Waals surface area contributed by atoms with E-state index in [-0.39, 0.29) is 36.7 Å². The molecule has 0 spiro atoms. The van der Waals surface area contributed by atoms with Crippen LogP contribution in [0.2, 0.25) is 0 Å². The summed E-state index contributed by atoms with van der Waals surface area (Å²) in [4.78, 5) is 25.7. The molecule has 0 unspecified atom stereocenters. The monoisotopic (exact) mass is 278 g/mol. The third kappa shape index (κ3) is 5.71. The third-order valence-corrected chi connectivity index (χ3v) is 2.82. The molecule has 2 amide bonds. The minimum atomic E-state index is -0.226. The van der Waals surface area contributed by atoms with Gasteiger partial charge < -0.3 is 0 Å². The number of carbonyl (C=O) groups is 2. The lowest BCUT2D eigenvalue weighted by atomic mass is 10.1. The minimum Gasteiger partial charge on any atom is -0.274 e. The lowest BCUT2D eigenvalue weighted by Crippen LogP contribution is -2.33. The van der Waals surface area contributed by atoms with E-state index in [4.69, 9.17) is 10.5 Å². The zero-order valence-corrected chi connectivity index (χ0v) is 12.6. The first-order valence-corrected chi connectivity index (χ1v) is 6.78. The Balaban J connectivity index is 4.10. The van der Waals surface area contributed by atoms with Gasteiger partial charge in [-0.3, -0.25) is 9.59 Å². The number of nitriles is 2. The second kappa shape index (κ2) is 8.92. The van der Waals surface area contributed by atoms with E-state index in [2.05, 4.69) is 0 Å². The van der Waals surface area contributed by atoms with Gasteiger partial charge in [0, 0.05) is 24.9 Å². The van der Waals surface area contributed by atoms with Crippen molar-refractivity contribution in [3.63, 3.8) is 0 Å². The Labute approximate surface area is 120 Å². The van der Waals surface area contributed by atoms with Crippen LogP contribution in [0.1, 0.15) is 53.4 Å². The third-order valence-electron chi connectivity index (χ3n) is 2.82. The van der Waals surface area contributed by atoms with Crippen LogP contribution in [0.4, 0.5) is 0 Å². The molecule has 0 atom stereocenters. The van der Waals surface area contributed by atoms with Crippen molar-refractivity contribution in [1.82, 2.24) is 9.80 Å². The second-order valence-electron chi connectivity index (χ2n) is 5.12. The molecule has 0 fully saturated rings. The Morgan fingerprint density at radius 1 is 0.850 bits per heavy atom. The van der Waals surface area contributed by atoms with Gasteiger partial charge in [-0.2, -0.15) is 10.5 Å². The number of unbranched alkanes of at least 4 members (excludes halogenated alkanes) is 1. The first kappa shape index (κ1) is 17.9. The Kier molecular flexibility index (Phi) is 8.00. The van der Waals surface area contributed by atoms with Crippen molar-refractivity contribution >= 4 is 11.8 Å². The van der Waals surface area contributed by atoms with Gasteiger partial charge in [-0.25, -0.2) is 9.80 Å². The standard InChI is InChI=1S/C14H22N4O2/c1-11(2)17(9-15)13(19)7-5-6-8-14(20)18(10-16)12(3)4/h11-12H,5-8H2,1-4H3. The van der Waals surface area contributed by atoms with E-state index in [1.54, 1.807) is 27.7 Å². The normalized spacial score (nSPS) is 10.0. The molecule has 0 aromatic heterocycles. The molecule has 20 heavy (non-hydrogen) atoms. The van der Waals surface area contributed by atoms with E-state index in [1.807, 2.05) is 12.4 Å². The maximum Gasteiger partial charge on any atom is 0.235 e. The molecule has 6 heteroatoms. The van der Waals surface area contributed by atoms with Crippen molar-refractivity contribution in [2.45, 2.75) is 65.5 Å². The first-order chi connectivity index (χ1) is 9.34. The largest absolute Gasteiger partial charge is 0.274 e. The molecule has 110 valence electrons. The summed E-state index contributed by atoms with van der Waals surface area (Å²) in [6.45, 7) is 7.10. The summed E-state index contributed by atoms with van der Waals surface area (Å²) in [6, 6.07) is -0.298. The number of hydrogen-bond donors (Lipinski definition) is 0. The van der Waals surface area contributed by atoms with Crippen LogP contribution in [0.15, 0.2) is 0 Å². The molecule has 0 bridgehead atoms. The maximum absolute atomic E-state index is 11.7. The van der Waals surface area contributed by atoms with Crippen molar-refractivity contribution in [3.8, 4) is 12.4 Å². The molecule has 6 nitrogen and oxygen atoms in total. The molecule has 0 aromatic rings. The van der Waals surface area contributed by atoms with Gasteiger partial charge in [0.05, 0.1) is 0 Å². The van der Waals surface area contributed by atoms with Crippen molar-refractivity contribution in [1.29, 1.82) is 10.5 Å². The number of carbonyl (C=O) groups excluding carboxylic acids is 2. The second-order valence-corrected chi connectivity index (χ2v) is 5.12. The highest BCUT2D eigenvalue weighted by molar-refractivity contribution is 5.79. The van der Waals surface area contributed by atoms with Crippen LogP contribution in [-0.4, -0.2) is 33.7 Å². The zero-order valence-electron chi connectivity index (χ0n) is 12.6. The quantitative estimate of drug-likeness (QED) is 0.404. The Morgan fingerprint density at radius 3 is 1.35 bits per heavy atom. The minimum absolute atomic E-state index is 0.149. The number of nitrogens with zero attached hydrogens (tertiary/aromatic N) is 4. The summed E-state index contributed by atoms with van der Waals surface area (Å²) in [5.41, 5.74) is 0. The lowest BCUT2D eigenvalue weighted by molar-refractivity contribution is -0.131. The van der Waals surface area contributed by atoms with Gasteiger partial charge in [0.25, 0.3) is 0 Å². The van der Waals surface area contributed by atoms with Gasteiger partial charge in [-0.15, -0.1) is 0 Å². The first-order valence-electron chi connectivity index (χ1n) is 6.78. The van der Waals surface area contributed by atoms with Crippen molar-refractivity contribution in [2.75, 3.05) is 0 Å². The fourth-order valence-corrected chi connectivity index (χ4v) is 1.71. The van der Waals surface area contributed by atoms with Crippen molar-refractivity contribution in [3.05, 3.63) is 0 Å². The van der Waals surface area contributed by atoms with Crippen LogP contribution in [0.25, 0.3) is 0 Å². The van der Waals surface area contributed by atoms with E-state index in [0.29, 0.717) is 12.8 Å². The molecule has 0 aromatic carbocycles. The van der Waals surface area contributed by atoms with Gasteiger partial charge >= 0.3 is 0 Å². The molecular weight excluding hydrogens is 256 g/mol.